The van der Waals surface area contributed by atoms with Gasteiger partial charge in [0.05, 0.1) is 4.90 Å². The summed E-state index contributed by atoms with van der Waals surface area (Å²) in [6.45, 7) is 6.08. The van der Waals surface area contributed by atoms with Crippen LogP contribution in [0.1, 0.15) is 20.9 Å². The zero-order valence-corrected chi connectivity index (χ0v) is 15.2. The number of hydrogen-bond donors (Lipinski definition) is 2. The molecule has 0 spiro atoms. The van der Waals surface area contributed by atoms with Crippen molar-refractivity contribution < 1.29 is 8.42 Å². The van der Waals surface area contributed by atoms with E-state index in [9.17, 15) is 8.42 Å². The number of aryl methyl sites for hydroxylation is 3. The van der Waals surface area contributed by atoms with Crippen molar-refractivity contribution in [2.24, 2.45) is 0 Å². The van der Waals surface area contributed by atoms with E-state index in [1.54, 1.807) is 24.3 Å². The Morgan fingerprint density at radius 2 is 1.86 bits per heavy atom. The summed E-state index contributed by atoms with van der Waals surface area (Å²) >= 11 is 4.90. The van der Waals surface area contributed by atoms with Crippen LogP contribution in [-0.2, 0) is 16.6 Å². The highest BCUT2D eigenvalue weighted by atomic mass is 79.9. The Balaban J connectivity index is 2.24. The maximum atomic E-state index is 12.4. The highest BCUT2D eigenvalue weighted by Crippen LogP contribution is 2.27. The van der Waals surface area contributed by atoms with Crippen molar-refractivity contribution >= 4 is 43.0 Å². The normalized spacial score (nSPS) is 11.8. The van der Waals surface area contributed by atoms with Crippen LogP contribution in [0.5, 0.6) is 0 Å². The van der Waals surface area contributed by atoms with Gasteiger partial charge in [0.25, 0.3) is 0 Å². The second kappa shape index (κ2) is 6.08. The summed E-state index contributed by atoms with van der Waals surface area (Å²) in [5, 5.41) is 0. The molecule has 1 aromatic carbocycles. The van der Waals surface area contributed by atoms with Gasteiger partial charge in [0.2, 0.25) is 10.0 Å². The molecule has 3 N–H and O–H groups in total. The summed E-state index contributed by atoms with van der Waals surface area (Å²) < 4.78 is 28.1. The molecule has 2 aromatic rings. The van der Waals surface area contributed by atoms with Crippen molar-refractivity contribution in [3.8, 4) is 0 Å². The number of hydrogen-bond acceptors (Lipinski definition) is 4. The van der Waals surface area contributed by atoms with Crippen molar-refractivity contribution in [1.82, 2.24) is 4.72 Å². The molecular weight excluding hydrogens is 372 g/mol. The fourth-order valence-electron chi connectivity index (χ4n) is 1.94. The lowest BCUT2D eigenvalue weighted by Crippen LogP contribution is -2.23. The van der Waals surface area contributed by atoms with Crippen LogP contribution < -0.4 is 10.5 Å². The van der Waals surface area contributed by atoms with Gasteiger partial charge in [0.15, 0.2) is 0 Å². The molecule has 0 bridgehead atoms. The maximum Gasteiger partial charge on any atom is 0.241 e. The third-order valence-electron chi connectivity index (χ3n) is 3.24. The number of rotatable bonds is 4. The molecule has 7 heteroatoms. The van der Waals surface area contributed by atoms with Gasteiger partial charge in [-0.1, -0.05) is 0 Å². The molecule has 4 nitrogen and oxygen atoms in total. The van der Waals surface area contributed by atoms with Crippen LogP contribution in [0.15, 0.2) is 27.6 Å². The smallest absolute Gasteiger partial charge is 0.241 e. The van der Waals surface area contributed by atoms with Crippen molar-refractivity contribution in [2.75, 3.05) is 5.73 Å². The lowest BCUT2D eigenvalue weighted by Gasteiger charge is -2.10. The average molecular weight is 389 g/mol. The van der Waals surface area contributed by atoms with Gasteiger partial charge in [-0.15, -0.1) is 11.3 Å². The Kier molecular flexibility index (Phi) is 4.77. The first-order valence-corrected chi connectivity index (χ1v) is 9.41. The predicted octanol–water partition coefficient (Wildman–Crippen LogP) is 3.50. The van der Waals surface area contributed by atoms with Gasteiger partial charge in [-0.25, -0.2) is 13.1 Å². The van der Waals surface area contributed by atoms with Crippen LogP contribution in [0.25, 0.3) is 0 Å². The topological polar surface area (TPSA) is 72.2 Å². The molecule has 0 saturated carbocycles. The van der Waals surface area contributed by atoms with E-state index < -0.39 is 10.0 Å². The summed E-state index contributed by atoms with van der Waals surface area (Å²) in [7, 11) is -3.58. The molecule has 114 valence electrons. The Bertz CT molecular complexity index is 763. The summed E-state index contributed by atoms with van der Waals surface area (Å²) in [4.78, 5) is 2.41. The number of benzene rings is 1. The molecule has 0 unspecified atom stereocenters. The third-order valence-corrected chi connectivity index (χ3v) is 6.62. The van der Waals surface area contributed by atoms with E-state index in [0.29, 0.717) is 15.7 Å². The number of anilines is 1. The Morgan fingerprint density at radius 3 is 2.43 bits per heavy atom. The number of halogens is 1. The van der Waals surface area contributed by atoms with E-state index in [2.05, 4.69) is 20.7 Å². The van der Waals surface area contributed by atoms with Gasteiger partial charge >= 0.3 is 0 Å². The molecule has 21 heavy (non-hydrogen) atoms. The van der Waals surface area contributed by atoms with Crippen LogP contribution in [0.3, 0.4) is 0 Å². The first kappa shape index (κ1) is 16.5. The second-order valence-corrected chi connectivity index (χ2v) is 8.85. The summed E-state index contributed by atoms with van der Waals surface area (Å²) in [5.41, 5.74) is 8.02. The summed E-state index contributed by atoms with van der Waals surface area (Å²) in [5.74, 6) is 0. The van der Waals surface area contributed by atoms with Crippen LogP contribution in [0.4, 0.5) is 5.69 Å². The average Bonchev–Trinajstić information content (AvgIpc) is 2.71. The monoisotopic (exact) mass is 388 g/mol. The van der Waals surface area contributed by atoms with Crippen molar-refractivity contribution in [3.05, 3.63) is 43.6 Å². The number of nitrogens with one attached hydrogen (secondary N) is 1. The van der Waals surface area contributed by atoms with Gasteiger partial charge in [-0.2, -0.15) is 0 Å². The van der Waals surface area contributed by atoms with Crippen molar-refractivity contribution in [2.45, 2.75) is 32.2 Å². The molecule has 1 aromatic heterocycles. The molecule has 0 aliphatic carbocycles. The predicted molar refractivity (Wildman–Crippen MR) is 91.1 cm³/mol. The van der Waals surface area contributed by atoms with E-state index in [-0.39, 0.29) is 11.4 Å². The minimum absolute atomic E-state index is 0.216. The first-order chi connectivity index (χ1) is 9.70. The van der Waals surface area contributed by atoms with Gasteiger partial charge in [0, 0.05) is 26.5 Å². The van der Waals surface area contributed by atoms with Crippen molar-refractivity contribution in [1.29, 1.82) is 0 Å². The quantitative estimate of drug-likeness (QED) is 0.787. The number of sulfonamides is 1. The Morgan fingerprint density at radius 1 is 1.19 bits per heavy atom. The summed E-state index contributed by atoms with van der Waals surface area (Å²) in [6, 6.07) is 5.20. The second-order valence-electron chi connectivity index (χ2n) is 4.92. The zero-order valence-electron chi connectivity index (χ0n) is 12.0. The van der Waals surface area contributed by atoms with Crippen LogP contribution in [0, 0.1) is 20.8 Å². The number of thiophene rings is 1. The molecule has 0 aliphatic heterocycles. The standard InChI is InChI=1S/C14H17BrN2O2S2/c1-8-4-11(20-10(8)3)7-17-21(18,19)14-6-13(16)12(15)5-9(14)2/h4-6,17H,7,16H2,1-3H3. The molecule has 0 aliphatic rings. The van der Waals surface area contributed by atoms with Crippen LogP contribution in [0.2, 0.25) is 0 Å². The fourth-order valence-corrected chi connectivity index (χ4v) is 4.75. The van der Waals surface area contributed by atoms with E-state index >= 15 is 0 Å². The molecule has 0 radical (unpaired) electrons. The third kappa shape index (κ3) is 3.66. The van der Waals surface area contributed by atoms with E-state index in [1.165, 1.54) is 16.5 Å². The lowest BCUT2D eigenvalue weighted by molar-refractivity contribution is 0.581. The van der Waals surface area contributed by atoms with Gasteiger partial charge in [-0.05, 0) is 66.0 Å². The van der Waals surface area contributed by atoms with E-state index in [0.717, 1.165) is 4.88 Å². The highest BCUT2D eigenvalue weighted by Gasteiger charge is 2.18. The molecule has 0 fully saturated rings. The zero-order chi connectivity index (χ0) is 15.8. The van der Waals surface area contributed by atoms with Gasteiger partial charge in [-0.3, -0.25) is 0 Å². The van der Waals surface area contributed by atoms with E-state index in [4.69, 9.17) is 5.73 Å². The Labute approximate surface area is 137 Å². The SMILES string of the molecule is Cc1cc(Br)c(N)cc1S(=O)(=O)NCc1cc(C)c(C)s1. The van der Waals surface area contributed by atoms with E-state index in [1.807, 2.05) is 19.9 Å². The molecule has 2 rings (SSSR count). The fraction of sp³-hybridized carbons (Fsp3) is 0.286. The molecule has 0 saturated heterocycles. The lowest BCUT2D eigenvalue weighted by atomic mass is 10.2. The molecule has 0 amide bonds. The van der Waals surface area contributed by atoms with Crippen LogP contribution >= 0.6 is 27.3 Å². The maximum absolute atomic E-state index is 12.4. The number of nitrogens with two attached hydrogens (primary N) is 1. The molecule has 0 atom stereocenters. The van der Waals surface area contributed by atoms with Crippen molar-refractivity contribution in [3.63, 3.8) is 0 Å². The van der Waals surface area contributed by atoms with Crippen LogP contribution in [-0.4, -0.2) is 8.42 Å². The largest absolute Gasteiger partial charge is 0.398 e. The number of nitrogen functional groups attached to an aromatic ring is 1. The molecule has 1 heterocycles. The van der Waals surface area contributed by atoms with Gasteiger partial charge in [0.1, 0.15) is 0 Å². The molecular formula is C14H17BrN2O2S2. The Hall–Kier alpha value is -0.890. The summed E-state index contributed by atoms with van der Waals surface area (Å²) in [6.07, 6.45) is 0. The minimum Gasteiger partial charge on any atom is -0.398 e. The minimum atomic E-state index is -3.58. The van der Waals surface area contributed by atoms with Gasteiger partial charge < -0.3 is 5.73 Å². The highest BCUT2D eigenvalue weighted by molar-refractivity contribution is 9.10. The first-order valence-electron chi connectivity index (χ1n) is 6.32.